The van der Waals surface area contributed by atoms with Crippen LogP contribution in [0.5, 0.6) is 40.2 Å². The van der Waals surface area contributed by atoms with Crippen molar-refractivity contribution in [3.63, 3.8) is 0 Å². The highest BCUT2D eigenvalue weighted by atomic mass is 16.6. The number of ether oxygens (including phenoxy) is 7. The van der Waals surface area contributed by atoms with Crippen molar-refractivity contribution >= 4 is 17.3 Å². The van der Waals surface area contributed by atoms with Crippen LogP contribution in [0, 0.1) is 0 Å². The number of amides is 1. The minimum absolute atomic E-state index is 0.117. The molecule has 2 aliphatic heterocycles. The number of nitrogens with zero attached hydrogens (tertiary/aromatic N) is 1. The van der Waals surface area contributed by atoms with Crippen molar-refractivity contribution < 1.29 is 42.8 Å². The highest BCUT2D eigenvalue weighted by Gasteiger charge is 2.29. The van der Waals surface area contributed by atoms with Gasteiger partial charge >= 0.3 is 0 Å². The van der Waals surface area contributed by atoms with Crippen LogP contribution in [-0.2, 0) is 4.84 Å². The number of benzene rings is 4. The largest absolute Gasteiger partial charge is 0.493 e. The molecule has 0 aromatic heterocycles. The zero-order valence-corrected chi connectivity index (χ0v) is 30.2. The van der Waals surface area contributed by atoms with Crippen molar-refractivity contribution in [3.05, 3.63) is 95.1 Å². The van der Waals surface area contributed by atoms with E-state index < -0.39 is 0 Å². The van der Waals surface area contributed by atoms with Gasteiger partial charge in [0, 0.05) is 23.2 Å². The lowest BCUT2D eigenvalue weighted by atomic mass is 9.98. The number of nitrogens with one attached hydrogen (secondary N) is 2. The standard InChI is InChI=1S/C40H45N3O9/c1-45-34-21-25(39-41-29-15-9-8-13-28(29)40(44)42-39)17-18-31(34)50-19-10-6-7-11-20-51-32-16-12-14-27(37(32)48-4)30-24-33(52-43-30)26-22-35(46-2)38(49-5)36(23-26)47-3/h8-9,12-18,21-23,33,39,41H,6-7,10-11,19-20,24H2,1-5H3,(H,42,44). The maximum Gasteiger partial charge on any atom is 0.255 e. The molecule has 0 aliphatic carbocycles. The molecule has 0 fully saturated rings. The van der Waals surface area contributed by atoms with Crippen molar-refractivity contribution in [3.8, 4) is 40.2 Å². The Morgan fingerprint density at radius 3 is 1.98 bits per heavy atom. The van der Waals surface area contributed by atoms with Crippen molar-refractivity contribution in [2.45, 2.75) is 44.4 Å². The minimum atomic E-state index is -0.368. The van der Waals surface area contributed by atoms with E-state index in [4.69, 9.17) is 38.0 Å². The number of hydrogen-bond donors (Lipinski definition) is 2. The van der Waals surface area contributed by atoms with Crippen molar-refractivity contribution in [2.24, 2.45) is 5.16 Å². The lowest BCUT2D eigenvalue weighted by Crippen LogP contribution is -2.38. The predicted molar refractivity (Wildman–Crippen MR) is 197 cm³/mol. The summed E-state index contributed by atoms with van der Waals surface area (Å²) in [4.78, 5) is 18.4. The van der Waals surface area contributed by atoms with Gasteiger partial charge in [-0.15, -0.1) is 0 Å². The molecule has 0 spiro atoms. The molecular weight excluding hydrogens is 666 g/mol. The van der Waals surface area contributed by atoms with Gasteiger partial charge in [0.1, 0.15) is 6.17 Å². The van der Waals surface area contributed by atoms with E-state index in [1.165, 1.54) is 0 Å². The summed E-state index contributed by atoms with van der Waals surface area (Å²) in [6.45, 7) is 1.10. The van der Waals surface area contributed by atoms with E-state index in [0.29, 0.717) is 65.4 Å². The van der Waals surface area contributed by atoms with Crippen LogP contribution in [0.25, 0.3) is 0 Å². The average molecular weight is 712 g/mol. The molecule has 0 radical (unpaired) electrons. The first-order valence-electron chi connectivity index (χ1n) is 17.3. The number of para-hydroxylation sites is 2. The lowest BCUT2D eigenvalue weighted by molar-refractivity contribution is 0.0853. The van der Waals surface area contributed by atoms with Crippen LogP contribution in [0.2, 0.25) is 0 Å². The topological polar surface area (TPSA) is 127 Å². The van der Waals surface area contributed by atoms with E-state index in [9.17, 15) is 4.79 Å². The number of oxime groups is 1. The monoisotopic (exact) mass is 711 g/mol. The van der Waals surface area contributed by atoms with Gasteiger partial charge in [-0.3, -0.25) is 4.79 Å². The fraction of sp³-hybridized carbons (Fsp3) is 0.350. The molecule has 4 aromatic carbocycles. The zero-order chi connectivity index (χ0) is 36.5. The Morgan fingerprint density at radius 2 is 1.29 bits per heavy atom. The maximum absolute atomic E-state index is 12.6. The van der Waals surface area contributed by atoms with E-state index in [1.807, 2.05) is 66.7 Å². The fourth-order valence-electron chi connectivity index (χ4n) is 6.35. The number of carbonyl (C=O) groups is 1. The third-order valence-electron chi connectivity index (χ3n) is 9.04. The molecule has 0 bridgehead atoms. The molecule has 12 nitrogen and oxygen atoms in total. The summed E-state index contributed by atoms with van der Waals surface area (Å²) in [5.74, 6) is 4.07. The number of carbonyl (C=O) groups excluding carboxylic acids is 1. The highest BCUT2D eigenvalue weighted by Crippen LogP contribution is 2.43. The Morgan fingerprint density at radius 1 is 0.635 bits per heavy atom. The van der Waals surface area contributed by atoms with Crippen LogP contribution in [0.1, 0.15) is 71.4 Å². The lowest BCUT2D eigenvalue weighted by Gasteiger charge is -2.28. The molecule has 0 saturated carbocycles. The normalized spacial score (nSPS) is 16.0. The predicted octanol–water partition coefficient (Wildman–Crippen LogP) is 7.47. The Balaban J connectivity index is 0.954. The first-order valence-corrected chi connectivity index (χ1v) is 17.3. The summed E-state index contributed by atoms with van der Waals surface area (Å²) < 4.78 is 40.1. The molecule has 2 atom stereocenters. The van der Waals surface area contributed by atoms with Crippen LogP contribution < -0.4 is 43.8 Å². The summed E-state index contributed by atoms with van der Waals surface area (Å²) in [6, 6.07) is 22.7. The smallest absolute Gasteiger partial charge is 0.255 e. The first kappa shape index (κ1) is 36.0. The summed E-state index contributed by atoms with van der Waals surface area (Å²) >= 11 is 0. The minimum Gasteiger partial charge on any atom is -0.493 e. The van der Waals surface area contributed by atoms with Gasteiger partial charge in [-0.05, 0) is 79.8 Å². The second-order valence-electron chi connectivity index (χ2n) is 12.2. The number of rotatable bonds is 17. The number of fused-ring (bicyclic) bond motifs is 1. The number of unbranched alkanes of at least 4 members (excludes halogenated alkanes) is 3. The molecule has 6 rings (SSSR count). The molecule has 2 N–H and O–H groups in total. The first-order chi connectivity index (χ1) is 25.5. The summed E-state index contributed by atoms with van der Waals surface area (Å²) in [6.07, 6.45) is 3.55. The molecule has 4 aromatic rings. The fourth-order valence-corrected chi connectivity index (χ4v) is 6.35. The summed E-state index contributed by atoms with van der Waals surface area (Å²) in [7, 11) is 7.99. The van der Waals surface area contributed by atoms with Crippen LogP contribution in [0.3, 0.4) is 0 Å². The maximum atomic E-state index is 12.6. The number of anilines is 1. The SMILES string of the molecule is COc1cc(C2NC(=O)c3ccccc3N2)ccc1OCCCCCCOc1cccc(C2=NOC(c3cc(OC)c(OC)c(OC)c3)C2)c1OC. The highest BCUT2D eigenvalue weighted by molar-refractivity contribution is 6.04. The van der Waals surface area contributed by atoms with Gasteiger partial charge in [0.15, 0.2) is 40.6 Å². The van der Waals surface area contributed by atoms with Crippen LogP contribution in [0.4, 0.5) is 5.69 Å². The summed E-state index contributed by atoms with van der Waals surface area (Å²) in [5, 5.41) is 10.8. The second-order valence-corrected chi connectivity index (χ2v) is 12.2. The second kappa shape index (κ2) is 17.0. The van der Waals surface area contributed by atoms with E-state index in [2.05, 4.69) is 15.8 Å². The molecule has 12 heteroatoms. The number of methoxy groups -OCH3 is 5. The van der Waals surface area contributed by atoms with E-state index in [0.717, 1.165) is 53.8 Å². The molecule has 1 amide bonds. The van der Waals surface area contributed by atoms with Gasteiger partial charge in [0.05, 0.1) is 60.0 Å². The average Bonchev–Trinajstić information content (AvgIpc) is 3.68. The van der Waals surface area contributed by atoms with Crippen LogP contribution in [-0.4, -0.2) is 60.4 Å². The molecular formula is C40H45N3O9. The third-order valence-corrected chi connectivity index (χ3v) is 9.04. The molecule has 274 valence electrons. The van der Waals surface area contributed by atoms with Gasteiger partial charge in [0.25, 0.3) is 5.91 Å². The molecule has 52 heavy (non-hydrogen) atoms. The van der Waals surface area contributed by atoms with Gasteiger partial charge in [-0.25, -0.2) is 0 Å². The van der Waals surface area contributed by atoms with Gasteiger partial charge < -0.3 is 48.6 Å². The Hall–Kier alpha value is -5.78. The Kier molecular flexibility index (Phi) is 11.7. The molecule has 0 saturated heterocycles. The van der Waals surface area contributed by atoms with E-state index in [1.54, 1.807) is 41.6 Å². The molecule has 2 aliphatic rings. The van der Waals surface area contributed by atoms with Crippen molar-refractivity contribution in [1.82, 2.24) is 5.32 Å². The summed E-state index contributed by atoms with van der Waals surface area (Å²) in [5.41, 5.74) is 4.73. The van der Waals surface area contributed by atoms with Gasteiger partial charge in [-0.2, -0.15) is 0 Å². The van der Waals surface area contributed by atoms with Crippen LogP contribution >= 0.6 is 0 Å². The number of hydrogen-bond acceptors (Lipinski definition) is 11. The molecule has 2 unspecified atom stereocenters. The third kappa shape index (κ3) is 7.91. The zero-order valence-electron chi connectivity index (χ0n) is 30.2. The van der Waals surface area contributed by atoms with Crippen LogP contribution in [0.15, 0.2) is 78.0 Å². The van der Waals surface area contributed by atoms with Gasteiger partial charge in [-0.1, -0.05) is 29.4 Å². The van der Waals surface area contributed by atoms with E-state index in [-0.39, 0.29) is 18.2 Å². The quantitative estimate of drug-likeness (QED) is 0.107. The Labute approximate surface area is 303 Å². The van der Waals surface area contributed by atoms with Gasteiger partial charge in [0.2, 0.25) is 5.75 Å². The van der Waals surface area contributed by atoms with E-state index >= 15 is 0 Å². The molecule has 2 heterocycles. The van der Waals surface area contributed by atoms with Crippen molar-refractivity contribution in [2.75, 3.05) is 54.1 Å². The van der Waals surface area contributed by atoms with Crippen molar-refractivity contribution in [1.29, 1.82) is 0 Å². The Bertz CT molecular complexity index is 1870.